The second kappa shape index (κ2) is 6.46. The number of aromatic nitrogens is 3. The van der Waals surface area contributed by atoms with Crippen LogP contribution in [0.25, 0.3) is 0 Å². The van der Waals surface area contributed by atoms with E-state index in [0.29, 0.717) is 0 Å². The molecule has 0 spiro atoms. The van der Waals surface area contributed by atoms with E-state index in [2.05, 4.69) is 15.6 Å². The first kappa shape index (κ1) is 15.1. The van der Waals surface area contributed by atoms with Gasteiger partial charge in [-0.1, -0.05) is 11.3 Å². The van der Waals surface area contributed by atoms with Gasteiger partial charge in [-0.15, -0.1) is 16.4 Å². The van der Waals surface area contributed by atoms with Crippen molar-refractivity contribution in [2.75, 3.05) is 0 Å². The number of carboxylic acids is 1. The van der Waals surface area contributed by atoms with E-state index in [1.54, 1.807) is 11.3 Å². The molecule has 0 saturated heterocycles. The normalized spacial score (nSPS) is 12.1. The van der Waals surface area contributed by atoms with Crippen LogP contribution < -0.4 is 11.1 Å². The van der Waals surface area contributed by atoms with Gasteiger partial charge in [-0.3, -0.25) is 4.79 Å². The van der Waals surface area contributed by atoms with Crippen molar-refractivity contribution < 1.29 is 14.7 Å². The lowest BCUT2D eigenvalue weighted by atomic mass is 10.2. The lowest BCUT2D eigenvalue weighted by molar-refractivity contribution is -0.122. The van der Waals surface area contributed by atoms with E-state index < -0.39 is 5.97 Å². The number of thiophene rings is 1. The first-order valence-electron chi connectivity index (χ1n) is 6.21. The summed E-state index contributed by atoms with van der Waals surface area (Å²) in [6.07, 6.45) is 0. The third-order valence-electron chi connectivity index (χ3n) is 2.87. The Hall–Kier alpha value is -2.26. The zero-order chi connectivity index (χ0) is 15.4. The molecule has 0 aliphatic carbocycles. The molecule has 2 aromatic rings. The van der Waals surface area contributed by atoms with Crippen LogP contribution in [0.2, 0.25) is 0 Å². The number of nitrogens with two attached hydrogens (primary N) is 1. The van der Waals surface area contributed by atoms with Crippen LogP contribution in [0.5, 0.6) is 0 Å². The molecule has 2 rings (SSSR count). The summed E-state index contributed by atoms with van der Waals surface area (Å²) in [5, 5.41) is 20.9. The molecule has 0 aromatic carbocycles. The van der Waals surface area contributed by atoms with Crippen LogP contribution in [0.3, 0.4) is 0 Å². The minimum Gasteiger partial charge on any atom is -0.476 e. The fraction of sp³-hybridized carbons (Fsp3) is 0.333. The zero-order valence-electron chi connectivity index (χ0n) is 11.3. The second-order valence-electron chi connectivity index (χ2n) is 4.36. The van der Waals surface area contributed by atoms with Gasteiger partial charge in [0.05, 0.1) is 11.7 Å². The van der Waals surface area contributed by atoms with Crippen molar-refractivity contribution in [3.63, 3.8) is 0 Å². The number of rotatable bonds is 6. The largest absolute Gasteiger partial charge is 0.476 e. The van der Waals surface area contributed by atoms with Crippen molar-refractivity contribution in [1.29, 1.82) is 0 Å². The summed E-state index contributed by atoms with van der Waals surface area (Å²) < 4.78 is 1.21. The maximum Gasteiger partial charge on any atom is 0.358 e. The maximum atomic E-state index is 12.0. The van der Waals surface area contributed by atoms with Crippen molar-refractivity contribution in [3.05, 3.63) is 33.8 Å². The quantitative estimate of drug-likeness (QED) is 0.708. The Bertz CT molecular complexity index is 637. The molecule has 2 aromatic heterocycles. The standard InChI is InChI=1S/C12H15N5O3S/c1-7(9-3-2-4-21-9)14-10(18)6-17-8(5-13)11(12(19)20)15-16-17/h2-4,7H,5-6,13H2,1H3,(H,14,18)(H,19,20). The van der Waals surface area contributed by atoms with Crippen molar-refractivity contribution >= 4 is 23.2 Å². The van der Waals surface area contributed by atoms with E-state index in [0.717, 1.165) is 4.88 Å². The van der Waals surface area contributed by atoms with Gasteiger partial charge in [0.15, 0.2) is 5.69 Å². The molecule has 1 atom stereocenters. The van der Waals surface area contributed by atoms with E-state index in [-0.39, 0.29) is 36.4 Å². The van der Waals surface area contributed by atoms with Gasteiger partial charge in [0.1, 0.15) is 6.54 Å². The minimum atomic E-state index is -1.21. The van der Waals surface area contributed by atoms with Crippen molar-refractivity contribution in [1.82, 2.24) is 20.3 Å². The van der Waals surface area contributed by atoms with Crippen molar-refractivity contribution in [2.45, 2.75) is 26.1 Å². The third-order valence-corrected chi connectivity index (χ3v) is 3.93. The molecule has 2 heterocycles. The SMILES string of the molecule is CC(NC(=O)Cn1nnc(C(=O)O)c1CN)c1cccs1. The predicted octanol–water partition coefficient (Wildman–Crippen LogP) is 0.374. The Morgan fingerprint density at radius 3 is 2.90 bits per heavy atom. The van der Waals surface area contributed by atoms with Crippen LogP contribution in [0.1, 0.15) is 34.0 Å². The zero-order valence-corrected chi connectivity index (χ0v) is 12.1. The number of hydrogen-bond donors (Lipinski definition) is 3. The van der Waals surface area contributed by atoms with Gasteiger partial charge < -0.3 is 16.2 Å². The highest BCUT2D eigenvalue weighted by Crippen LogP contribution is 2.18. The highest BCUT2D eigenvalue weighted by Gasteiger charge is 2.19. The van der Waals surface area contributed by atoms with Gasteiger partial charge >= 0.3 is 5.97 Å². The van der Waals surface area contributed by atoms with Gasteiger partial charge in [0, 0.05) is 11.4 Å². The molecule has 0 bridgehead atoms. The summed E-state index contributed by atoms with van der Waals surface area (Å²) in [7, 11) is 0. The third kappa shape index (κ3) is 3.44. The number of aromatic carboxylic acids is 1. The van der Waals surface area contributed by atoms with Gasteiger partial charge in [0.25, 0.3) is 0 Å². The number of hydrogen-bond acceptors (Lipinski definition) is 6. The van der Waals surface area contributed by atoms with E-state index in [1.165, 1.54) is 4.68 Å². The molecule has 4 N–H and O–H groups in total. The molecule has 1 amide bonds. The van der Waals surface area contributed by atoms with Crippen molar-refractivity contribution in [3.8, 4) is 0 Å². The summed E-state index contributed by atoms with van der Waals surface area (Å²) in [6, 6.07) is 3.71. The molecule has 0 saturated carbocycles. The predicted molar refractivity (Wildman–Crippen MR) is 75.7 cm³/mol. The van der Waals surface area contributed by atoms with Crippen LogP contribution in [0.15, 0.2) is 17.5 Å². The number of carbonyl (C=O) groups is 2. The Balaban J connectivity index is 2.04. The molecule has 112 valence electrons. The summed E-state index contributed by atoms with van der Waals surface area (Å²) in [5.74, 6) is -1.50. The molecule has 0 radical (unpaired) electrons. The Kier molecular flexibility index (Phi) is 4.66. The number of carbonyl (C=O) groups excluding carboxylic acids is 1. The average Bonchev–Trinajstić information content (AvgIpc) is 3.07. The molecule has 0 fully saturated rings. The van der Waals surface area contributed by atoms with Gasteiger partial charge in [0.2, 0.25) is 5.91 Å². The average molecular weight is 309 g/mol. The fourth-order valence-electron chi connectivity index (χ4n) is 1.86. The lowest BCUT2D eigenvalue weighted by Crippen LogP contribution is -2.31. The Labute approximate surface area is 124 Å². The Morgan fingerprint density at radius 1 is 1.57 bits per heavy atom. The molecule has 8 nitrogen and oxygen atoms in total. The van der Waals surface area contributed by atoms with Gasteiger partial charge in [-0.05, 0) is 18.4 Å². The molecular formula is C12H15N5O3S. The highest BCUT2D eigenvalue weighted by molar-refractivity contribution is 7.10. The first-order chi connectivity index (χ1) is 10.0. The molecule has 0 aliphatic heterocycles. The van der Waals surface area contributed by atoms with Gasteiger partial charge in [-0.25, -0.2) is 9.48 Å². The van der Waals surface area contributed by atoms with E-state index in [1.807, 2.05) is 24.4 Å². The summed E-state index contributed by atoms with van der Waals surface area (Å²) in [5.41, 5.74) is 5.49. The van der Waals surface area contributed by atoms with Crippen LogP contribution in [0.4, 0.5) is 0 Å². The molecule has 1 unspecified atom stereocenters. The number of nitrogens with zero attached hydrogens (tertiary/aromatic N) is 3. The van der Waals surface area contributed by atoms with Gasteiger partial charge in [-0.2, -0.15) is 0 Å². The minimum absolute atomic E-state index is 0.0532. The monoisotopic (exact) mass is 309 g/mol. The number of carboxylic acid groups (broad SMARTS) is 1. The Morgan fingerprint density at radius 2 is 2.33 bits per heavy atom. The van der Waals surface area contributed by atoms with Crippen LogP contribution in [-0.4, -0.2) is 32.0 Å². The summed E-state index contributed by atoms with van der Waals surface area (Å²) >= 11 is 1.55. The maximum absolute atomic E-state index is 12.0. The molecule has 0 aliphatic rings. The molecule has 9 heteroatoms. The number of amides is 1. The fourth-order valence-corrected chi connectivity index (χ4v) is 2.59. The highest BCUT2D eigenvalue weighted by atomic mass is 32.1. The lowest BCUT2D eigenvalue weighted by Gasteiger charge is -2.12. The number of nitrogens with one attached hydrogen (secondary N) is 1. The first-order valence-corrected chi connectivity index (χ1v) is 7.09. The van der Waals surface area contributed by atoms with Crippen molar-refractivity contribution in [2.24, 2.45) is 5.73 Å². The van der Waals surface area contributed by atoms with Crippen LogP contribution >= 0.6 is 11.3 Å². The summed E-state index contributed by atoms with van der Waals surface area (Å²) in [4.78, 5) is 24.0. The second-order valence-corrected chi connectivity index (χ2v) is 5.34. The molecule has 21 heavy (non-hydrogen) atoms. The van der Waals surface area contributed by atoms with E-state index in [9.17, 15) is 9.59 Å². The summed E-state index contributed by atoms with van der Waals surface area (Å²) in [6.45, 7) is 1.70. The topological polar surface area (TPSA) is 123 Å². The van der Waals surface area contributed by atoms with E-state index >= 15 is 0 Å². The van der Waals surface area contributed by atoms with Crippen LogP contribution in [-0.2, 0) is 17.9 Å². The molecular weight excluding hydrogens is 294 g/mol. The van der Waals surface area contributed by atoms with E-state index in [4.69, 9.17) is 10.8 Å². The smallest absolute Gasteiger partial charge is 0.358 e. The van der Waals surface area contributed by atoms with Crippen LogP contribution in [0, 0.1) is 0 Å².